The topological polar surface area (TPSA) is 53.9 Å². The molecule has 2 rings (SSSR count). The van der Waals surface area contributed by atoms with Crippen molar-refractivity contribution in [2.75, 3.05) is 20.7 Å². The number of amides is 1. The van der Waals surface area contributed by atoms with Crippen LogP contribution in [0.3, 0.4) is 0 Å². The summed E-state index contributed by atoms with van der Waals surface area (Å²) in [7, 11) is 2.76. The lowest BCUT2D eigenvalue weighted by Crippen LogP contribution is -2.40. The standard InChI is InChI=1S/C13H14F3N3O2/c1-19-10(7-17-11(19)18-12(20)21-2)8-5-3-4-6-9(8)13(14,15)16/h3-6,10H,7H2,1-2H3,(H,17,18,20). The summed E-state index contributed by atoms with van der Waals surface area (Å²) in [6.45, 7) is 0.128. The van der Waals surface area contributed by atoms with Crippen LogP contribution in [-0.4, -0.2) is 37.7 Å². The van der Waals surface area contributed by atoms with Crippen LogP contribution in [0.15, 0.2) is 29.3 Å². The van der Waals surface area contributed by atoms with Crippen LogP contribution in [0.1, 0.15) is 17.2 Å². The van der Waals surface area contributed by atoms with Crippen LogP contribution in [0.4, 0.5) is 18.0 Å². The van der Waals surface area contributed by atoms with E-state index in [-0.39, 0.29) is 18.1 Å². The van der Waals surface area contributed by atoms with Crippen LogP contribution < -0.4 is 5.32 Å². The minimum atomic E-state index is -4.43. The quantitative estimate of drug-likeness (QED) is 0.866. The second-order valence-electron chi connectivity index (χ2n) is 4.49. The van der Waals surface area contributed by atoms with Crippen molar-refractivity contribution in [1.29, 1.82) is 0 Å². The molecule has 0 fully saturated rings. The van der Waals surface area contributed by atoms with Gasteiger partial charge in [0.2, 0.25) is 5.96 Å². The largest absolute Gasteiger partial charge is 0.453 e. The number of benzene rings is 1. The van der Waals surface area contributed by atoms with Crippen molar-refractivity contribution >= 4 is 12.1 Å². The molecule has 0 saturated carbocycles. The van der Waals surface area contributed by atoms with Crippen molar-refractivity contribution in [2.45, 2.75) is 12.2 Å². The van der Waals surface area contributed by atoms with Crippen LogP contribution in [0.2, 0.25) is 0 Å². The van der Waals surface area contributed by atoms with E-state index in [0.717, 1.165) is 6.07 Å². The predicted molar refractivity (Wildman–Crippen MR) is 69.8 cm³/mol. The van der Waals surface area contributed by atoms with E-state index in [1.54, 1.807) is 13.1 Å². The molecule has 1 unspecified atom stereocenters. The Labute approximate surface area is 119 Å². The number of hydrogen-bond acceptors (Lipinski definition) is 4. The number of rotatable bonds is 1. The molecule has 1 aliphatic heterocycles. The van der Waals surface area contributed by atoms with E-state index >= 15 is 0 Å². The summed E-state index contributed by atoms with van der Waals surface area (Å²) in [6, 6.07) is 4.75. The Morgan fingerprint density at radius 3 is 2.71 bits per heavy atom. The molecule has 1 aromatic rings. The lowest BCUT2D eigenvalue weighted by molar-refractivity contribution is -0.138. The van der Waals surface area contributed by atoms with Crippen molar-refractivity contribution in [3.8, 4) is 0 Å². The number of alkyl halides is 3. The minimum absolute atomic E-state index is 0.123. The molecule has 21 heavy (non-hydrogen) atoms. The third-order valence-electron chi connectivity index (χ3n) is 3.24. The lowest BCUT2D eigenvalue weighted by atomic mass is 9.99. The first-order valence-electron chi connectivity index (χ1n) is 6.13. The summed E-state index contributed by atoms with van der Waals surface area (Å²) in [4.78, 5) is 16.7. The number of carbonyl (C=O) groups excluding carboxylic acids is 1. The third kappa shape index (κ3) is 3.09. The molecule has 1 N–H and O–H groups in total. The molecule has 0 bridgehead atoms. The molecule has 1 atom stereocenters. The van der Waals surface area contributed by atoms with Crippen molar-refractivity contribution in [3.05, 3.63) is 35.4 Å². The molecule has 0 spiro atoms. The highest BCUT2D eigenvalue weighted by atomic mass is 19.4. The van der Waals surface area contributed by atoms with Gasteiger partial charge < -0.3 is 9.64 Å². The van der Waals surface area contributed by atoms with Crippen molar-refractivity contribution < 1.29 is 22.7 Å². The minimum Gasteiger partial charge on any atom is -0.453 e. The van der Waals surface area contributed by atoms with Gasteiger partial charge in [-0.2, -0.15) is 13.2 Å². The molecule has 1 aliphatic rings. The second kappa shape index (κ2) is 5.63. The zero-order chi connectivity index (χ0) is 15.6. The Kier molecular flexibility index (Phi) is 4.06. The molecule has 0 radical (unpaired) electrons. The summed E-state index contributed by atoms with van der Waals surface area (Å²) >= 11 is 0. The van der Waals surface area contributed by atoms with Crippen LogP contribution in [-0.2, 0) is 10.9 Å². The molecule has 1 amide bonds. The maximum Gasteiger partial charge on any atom is 0.416 e. The van der Waals surface area contributed by atoms with Gasteiger partial charge in [-0.25, -0.2) is 4.79 Å². The third-order valence-corrected chi connectivity index (χ3v) is 3.24. The van der Waals surface area contributed by atoms with E-state index in [0.29, 0.717) is 0 Å². The number of carbonyl (C=O) groups is 1. The number of nitrogens with zero attached hydrogens (tertiary/aromatic N) is 2. The Hall–Kier alpha value is -2.25. The number of ether oxygens (including phenoxy) is 1. The summed E-state index contributed by atoms with van der Waals surface area (Å²) in [6.07, 6.45) is -5.15. The number of nitrogens with one attached hydrogen (secondary N) is 1. The summed E-state index contributed by atoms with van der Waals surface area (Å²) < 4.78 is 43.6. The van der Waals surface area contributed by atoms with E-state index in [1.165, 1.54) is 24.1 Å². The summed E-state index contributed by atoms with van der Waals surface area (Å²) in [5, 5.41) is 2.37. The Balaban J connectivity index is 2.25. The van der Waals surface area contributed by atoms with Gasteiger partial charge in [-0.05, 0) is 11.6 Å². The highest BCUT2D eigenvalue weighted by Crippen LogP contribution is 2.37. The average molecular weight is 301 g/mol. The first kappa shape index (κ1) is 15.1. The molecule has 5 nitrogen and oxygen atoms in total. The number of alkyl carbamates (subject to hydrolysis) is 1. The molecule has 1 aromatic carbocycles. The number of halogens is 3. The second-order valence-corrected chi connectivity index (χ2v) is 4.49. The molecule has 1 heterocycles. The van der Waals surface area contributed by atoms with E-state index in [2.05, 4.69) is 15.0 Å². The van der Waals surface area contributed by atoms with Gasteiger partial charge in [-0.15, -0.1) is 0 Å². The molecule has 0 saturated heterocycles. The van der Waals surface area contributed by atoms with Gasteiger partial charge in [-0.3, -0.25) is 10.3 Å². The molecular formula is C13H14F3N3O2. The van der Waals surface area contributed by atoms with Crippen molar-refractivity contribution in [1.82, 2.24) is 10.2 Å². The SMILES string of the molecule is COC(=O)NC1=NCC(c2ccccc2C(F)(F)F)N1C. The Bertz CT molecular complexity index is 572. The van der Waals surface area contributed by atoms with Gasteiger partial charge in [0.05, 0.1) is 25.3 Å². The van der Waals surface area contributed by atoms with E-state index in [4.69, 9.17) is 0 Å². The predicted octanol–water partition coefficient (Wildman–Crippen LogP) is 2.40. The van der Waals surface area contributed by atoms with Gasteiger partial charge in [0.15, 0.2) is 0 Å². The van der Waals surface area contributed by atoms with Crippen LogP contribution in [0.5, 0.6) is 0 Å². The van der Waals surface area contributed by atoms with Gasteiger partial charge >= 0.3 is 12.3 Å². The maximum absolute atomic E-state index is 13.0. The fourth-order valence-corrected chi connectivity index (χ4v) is 2.18. The Morgan fingerprint density at radius 2 is 2.10 bits per heavy atom. The number of guanidine groups is 1. The maximum atomic E-state index is 13.0. The van der Waals surface area contributed by atoms with Gasteiger partial charge in [-0.1, -0.05) is 18.2 Å². The smallest absolute Gasteiger partial charge is 0.416 e. The first-order valence-corrected chi connectivity index (χ1v) is 6.13. The Morgan fingerprint density at radius 1 is 1.43 bits per heavy atom. The van der Waals surface area contributed by atoms with E-state index in [9.17, 15) is 18.0 Å². The molecule has 0 aromatic heterocycles. The zero-order valence-corrected chi connectivity index (χ0v) is 11.4. The summed E-state index contributed by atoms with van der Waals surface area (Å²) in [5.74, 6) is 0.184. The van der Waals surface area contributed by atoms with Gasteiger partial charge in [0, 0.05) is 7.05 Å². The number of methoxy groups -OCH3 is 1. The van der Waals surface area contributed by atoms with E-state index in [1.807, 2.05) is 0 Å². The van der Waals surface area contributed by atoms with Crippen molar-refractivity contribution in [3.63, 3.8) is 0 Å². The molecule has 8 heteroatoms. The molecule has 0 aliphatic carbocycles. The van der Waals surface area contributed by atoms with Gasteiger partial charge in [0.1, 0.15) is 0 Å². The summed E-state index contributed by atoms with van der Waals surface area (Å²) in [5.41, 5.74) is -0.575. The van der Waals surface area contributed by atoms with Crippen LogP contribution in [0.25, 0.3) is 0 Å². The zero-order valence-electron chi connectivity index (χ0n) is 11.4. The highest BCUT2D eigenvalue weighted by Gasteiger charge is 2.37. The number of likely N-dealkylation sites (N-methyl/N-ethyl adjacent to an activating group) is 1. The molecular weight excluding hydrogens is 287 g/mol. The fourth-order valence-electron chi connectivity index (χ4n) is 2.18. The monoisotopic (exact) mass is 301 g/mol. The number of aliphatic imine (C=N–C) groups is 1. The van der Waals surface area contributed by atoms with Crippen LogP contribution in [0, 0.1) is 0 Å². The van der Waals surface area contributed by atoms with Gasteiger partial charge in [0.25, 0.3) is 0 Å². The lowest BCUT2D eigenvalue weighted by Gasteiger charge is -2.25. The first-order chi connectivity index (χ1) is 9.84. The van der Waals surface area contributed by atoms with Crippen molar-refractivity contribution in [2.24, 2.45) is 4.99 Å². The molecule has 114 valence electrons. The normalized spacial score (nSPS) is 18.4. The highest BCUT2D eigenvalue weighted by molar-refractivity contribution is 5.94. The average Bonchev–Trinajstić information content (AvgIpc) is 2.79. The fraction of sp³-hybridized carbons (Fsp3) is 0.385. The van der Waals surface area contributed by atoms with E-state index < -0.39 is 23.9 Å². The number of hydrogen-bond donors (Lipinski definition) is 1. The van der Waals surface area contributed by atoms with Crippen LogP contribution >= 0.6 is 0 Å².